The van der Waals surface area contributed by atoms with E-state index in [1.165, 1.54) is 0 Å². The van der Waals surface area contributed by atoms with Gasteiger partial charge in [-0.3, -0.25) is 14.4 Å². The van der Waals surface area contributed by atoms with Crippen molar-refractivity contribution < 1.29 is 24.2 Å². The highest BCUT2D eigenvalue weighted by molar-refractivity contribution is 9.09. The Kier molecular flexibility index (Phi) is 9.82. The van der Waals surface area contributed by atoms with Crippen molar-refractivity contribution in [2.45, 2.75) is 40.6 Å². The number of carbonyl (C=O) groups is 3. The number of nitrogens with zero attached hydrogens (tertiary/aromatic N) is 3. The zero-order chi connectivity index (χ0) is 33.3. The number of benzene rings is 3. The van der Waals surface area contributed by atoms with Crippen LogP contribution in [-0.4, -0.2) is 81.4 Å². The first kappa shape index (κ1) is 33.3. The third-order valence-corrected chi connectivity index (χ3v) is 12.7. The van der Waals surface area contributed by atoms with E-state index in [-0.39, 0.29) is 54.0 Å². The van der Waals surface area contributed by atoms with Gasteiger partial charge < -0.3 is 24.5 Å². The molecule has 3 amide bonds. The smallest absolute Gasteiger partial charge is 0.251 e. The lowest BCUT2D eigenvalue weighted by atomic mass is 9.70. The average molecular weight is 719 g/mol. The molecule has 47 heavy (non-hydrogen) atoms. The zero-order valence-corrected chi connectivity index (χ0v) is 28.9. The van der Waals surface area contributed by atoms with Gasteiger partial charge in [0, 0.05) is 47.7 Å². The van der Waals surface area contributed by atoms with Gasteiger partial charge in [0.05, 0.1) is 23.2 Å². The number of hydrogen-bond acceptors (Lipinski definition) is 6. The Labute approximate surface area is 288 Å². The van der Waals surface area contributed by atoms with E-state index in [1.54, 1.807) is 38.6 Å². The molecule has 3 aromatic rings. The van der Waals surface area contributed by atoms with Gasteiger partial charge in [-0.15, -0.1) is 24.9 Å². The van der Waals surface area contributed by atoms with Crippen LogP contribution in [0.25, 0.3) is 10.8 Å². The average Bonchev–Trinajstić information content (AvgIpc) is 3.68. The Morgan fingerprint density at radius 2 is 1.68 bits per heavy atom. The first-order valence-electron chi connectivity index (χ1n) is 16.1. The Morgan fingerprint density at radius 3 is 2.34 bits per heavy atom. The molecule has 3 aliphatic rings. The van der Waals surface area contributed by atoms with E-state index in [9.17, 15) is 19.5 Å². The van der Waals surface area contributed by atoms with Gasteiger partial charge in [0.1, 0.15) is 11.8 Å². The summed E-state index contributed by atoms with van der Waals surface area (Å²) in [7, 11) is 0. The first-order valence-corrected chi connectivity index (χ1v) is 17.9. The maximum atomic E-state index is 14.9. The molecule has 0 aliphatic carbocycles. The predicted molar refractivity (Wildman–Crippen MR) is 192 cm³/mol. The Bertz CT molecular complexity index is 1680. The highest BCUT2D eigenvalue weighted by atomic mass is 79.9. The van der Waals surface area contributed by atoms with Crippen molar-refractivity contribution in [2.24, 2.45) is 11.8 Å². The number of alkyl halides is 1. The second-order valence-electron chi connectivity index (χ2n) is 12.2. The number of carbonyl (C=O) groups excluding carboxylic acids is 3. The minimum Gasteiger partial charge on any atom is -0.494 e. The van der Waals surface area contributed by atoms with Crippen LogP contribution in [0.2, 0.25) is 0 Å². The summed E-state index contributed by atoms with van der Waals surface area (Å²) in [4.78, 5) is 49.1. The molecule has 0 aromatic heterocycles. The van der Waals surface area contributed by atoms with Gasteiger partial charge in [-0.05, 0) is 66.9 Å². The van der Waals surface area contributed by atoms with Crippen LogP contribution < -0.4 is 14.5 Å². The zero-order valence-electron chi connectivity index (χ0n) is 26.5. The summed E-state index contributed by atoms with van der Waals surface area (Å²) in [5.74, 6) is -1.21. The van der Waals surface area contributed by atoms with Gasteiger partial charge in [-0.2, -0.15) is 0 Å². The topological polar surface area (TPSA) is 90.4 Å². The number of halogens is 1. The lowest BCUT2D eigenvalue weighted by Crippen LogP contribution is -2.56. The van der Waals surface area contributed by atoms with Gasteiger partial charge in [0.25, 0.3) is 5.91 Å². The summed E-state index contributed by atoms with van der Waals surface area (Å²) in [5, 5.41) is 11.7. The predicted octanol–water partition coefficient (Wildman–Crippen LogP) is 5.82. The van der Waals surface area contributed by atoms with Gasteiger partial charge >= 0.3 is 0 Å². The molecule has 3 aliphatic heterocycles. The van der Waals surface area contributed by atoms with E-state index in [1.807, 2.05) is 73.7 Å². The van der Waals surface area contributed by atoms with Crippen LogP contribution in [0, 0.1) is 11.8 Å². The second kappa shape index (κ2) is 13.9. The van der Waals surface area contributed by atoms with E-state index in [0.717, 1.165) is 16.5 Å². The highest BCUT2D eigenvalue weighted by Gasteiger charge is 2.76. The SMILES string of the molecule is C=CCN(C(=O)C1N(CCCO)C(=O)[C@@H]2[C@H](C(=O)N(CC=C)c3ccc(OCC)cc3)[C@H]3SC12CC3Br)c1ccc2ccccc2c1. The number of anilines is 2. The van der Waals surface area contributed by atoms with E-state index < -0.39 is 22.6 Å². The van der Waals surface area contributed by atoms with E-state index in [2.05, 4.69) is 29.1 Å². The molecular weight excluding hydrogens is 678 g/mol. The Hall–Kier alpha value is -3.60. The molecule has 3 heterocycles. The molecule has 0 radical (unpaired) electrons. The monoisotopic (exact) mass is 717 g/mol. The molecule has 1 N–H and O–H groups in total. The van der Waals surface area contributed by atoms with Crippen molar-refractivity contribution in [1.82, 2.24) is 4.90 Å². The maximum Gasteiger partial charge on any atom is 0.251 e. The van der Waals surface area contributed by atoms with Crippen molar-refractivity contribution in [1.29, 1.82) is 0 Å². The van der Waals surface area contributed by atoms with Crippen LogP contribution >= 0.6 is 27.7 Å². The third-order valence-electron chi connectivity index (χ3n) is 9.52. The van der Waals surface area contributed by atoms with E-state index >= 15 is 0 Å². The molecule has 3 unspecified atom stereocenters. The minimum absolute atomic E-state index is 0.0713. The van der Waals surface area contributed by atoms with Crippen LogP contribution in [0.4, 0.5) is 11.4 Å². The molecule has 3 fully saturated rings. The largest absolute Gasteiger partial charge is 0.494 e. The normalized spacial score (nSPS) is 25.9. The number of amides is 3. The summed E-state index contributed by atoms with van der Waals surface area (Å²) >= 11 is 5.48. The molecular formula is C37H40BrN3O5S. The van der Waals surface area contributed by atoms with Crippen molar-refractivity contribution in [3.8, 4) is 5.75 Å². The van der Waals surface area contributed by atoms with Crippen molar-refractivity contribution >= 4 is 67.6 Å². The minimum atomic E-state index is -0.822. The summed E-state index contributed by atoms with van der Waals surface area (Å²) in [5.41, 5.74) is 1.41. The van der Waals surface area contributed by atoms with Crippen LogP contribution in [0.3, 0.4) is 0 Å². The fraction of sp³-hybridized carbons (Fsp3) is 0.378. The summed E-state index contributed by atoms with van der Waals surface area (Å²) in [6, 6.07) is 20.4. The van der Waals surface area contributed by atoms with Gasteiger partial charge in [-0.1, -0.05) is 58.4 Å². The lowest BCUT2D eigenvalue weighted by molar-refractivity contribution is -0.139. The Morgan fingerprint density at radius 1 is 1.02 bits per heavy atom. The van der Waals surface area contributed by atoms with Crippen molar-refractivity contribution in [2.75, 3.05) is 42.6 Å². The van der Waals surface area contributed by atoms with Gasteiger partial charge in [0.2, 0.25) is 11.8 Å². The molecule has 3 saturated heterocycles. The first-order chi connectivity index (χ1) is 22.8. The fourth-order valence-electron chi connectivity index (χ4n) is 7.64. The van der Waals surface area contributed by atoms with Crippen LogP contribution in [0.15, 0.2) is 92.0 Å². The summed E-state index contributed by atoms with van der Waals surface area (Å²) < 4.78 is 4.79. The number of ether oxygens (including phenoxy) is 1. The molecule has 8 nitrogen and oxygen atoms in total. The molecule has 246 valence electrons. The van der Waals surface area contributed by atoms with Crippen LogP contribution in [-0.2, 0) is 14.4 Å². The number of hydrogen-bond donors (Lipinski definition) is 1. The number of likely N-dealkylation sites (tertiary alicyclic amines) is 1. The summed E-state index contributed by atoms with van der Waals surface area (Å²) in [6.07, 6.45) is 4.27. The molecule has 3 aromatic carbocycles. The third kappa shape index (κ3) is 5.78. The van der Waals surface area contributed by atoms with Crippen LogP contribution in [0.5, 0.6) is 5.75 Å². The Balaban J connectivity index is 1.40. The molecule has 1 spiro atoms. The molecule has 6 atom stereocenters. The standard InChI is InChI=1S/C37H40BrN3O5S/c1-4-18-39(26-14-16-28(17-15-26)46-6-3)34(43)30-31-35(44)41(20-9-21-42)33(37(31)23-29(38)32(30)47-37)36(45)40(19-5-2)27-13-12-24-10-7-8-11-25(24)22-27/h4-5,7-8,10-17,22,29-33,42H,1-2,6,9,18-21,23H2,3H3/t29?,30-,31-,32-,33?,37?/m0/s1. The fourth-order valence-corrected chi connectivity index (χ4v) is 11.2. The number of aliphatic hydroxyl groups excluding tert-OH is 1. The van der Waals surface area contributed by atoms with E-state index in [0.29, 0.717) is 30.9 Å². The number of rotatable bonds is 13. The lowest BCUT2D eigenvalue weighted by Gasteiger charge is -2.38. The van der Waals surface area contributed by atoms with Crippen molar-refractivity contribution in [3.05, 3.63) is 92.0 Å². The summed E-state index contributed by atoms with van der Waals surface area (Å²) in [6.45, 7) is 10.9. The molecule has 10 heteroatoms. The molecule has 0 saturated carbocycles. The maximum absolute atomic E-state index is 14.9. The van der Waals surface area contributed by atoms with E-state index in [4.69, 9.17) is 4.74 Å². The number of aliphatic hydroxyl groups is 1. The molecule has 6 rings (SSSR count). The van der Waals surface area contributed by atoms with Crippen molar-refractivity contribution in [3.63, 3.8) is 0 Å². The van der Waals surface area contributed by atoms with Gasteiger partial charge in [0.15, 0.2) is 0 Å². The number of thioether (sulfide) groups is 1. The molecule has 2 bridgehead atoms. The second-order valence-corrected chi connectivity index (χ2v) is 14.9. The quantitative estimate of drug-likeness (QED) is 0.177. The van der Waals surface area contributed by atoms with Crippen LogP contribution in [0.1, 0.15) is 19.8 Å². The van der Waals surface area contributed by atoms with Gasteiger partial charge in [-0.25, -0.2) is 0 Å². The highest BCUT2D eigenvalue weighted by Crippen LogP contribution is 2.68. The number of fused-ring (bicyclic) bond motifs is 2.